The van der Waals surface area contributed by atoms with Crippen LogP contribution in [0.15, 0.2) is 36.7 Å². The lowest BCUT2D eigenvalue weighted by Crippen LogP contribution is -2.14. The summed E-state index contributed by atoms with van der Waals surface area (Å²) in [6.45, 7) is 0. The first-order valence-electron chi connectivity index (χ1n) is 5.12. The molecule has 0 radical (unpaired) electrons. The van der Waals surface area contributed by atoms with Gasteiger partial charge in [-0.25, -0.2) is 9.97 Å². The second-order valence-corrected chi connectivity index (χ2v) is 3.76. The van der Waals surface area contributed by atoms with Gasteiger partial charge in [0.15, 0.2) is 0 Å². The Labute approximate surface area is 109 Å². The molecule has 1 amide bonds. The largest absolute Gasteiger partial charge is 0.496 e. The quantitative estimate of drug-likeness (QED) is 0.864. The number of anilines is 1. The lowest BCUT2D eigenvalue weighted by atomic mass is 10.2. The third-order valence-electron chi connectivity index (χ3n) is 2.20. The molecule has 0 unspecified atom stereocenters. The van der Waals surface area contributed by atoms with E-state index in [0.29, 0.717) is 17.1 Å². The van der Waals surface area contributed by atoms with Crippen LogP contribution in [0.5, 0.6) is 5.75 Å². The van der Waals surface area contributed by atoms with E-state index >= 15 is 0 Å². The Bertz CT molecular complexity index is 561. The van der Waals surface area contributed by atoms with Gasteiger partial charge in [-0.05, 0) is 12.1 Å². The molecule has 18 heavy (non-hydrogen) atoms. The van der Waals surface area contributed by atoms with Gasteiger partial charge in [-0.2, -0.15) is 0 Å². The predicted octanol–water partition coefficient (Wildman–Crippen LogP) is 2.39. The third kappa shape index (κ3) is 2.75. The van der Waals surface area contributed by atoms with Gasteiger partial charge in [-0.3, -0.25) is 4.79 Å². The third-order valence-corrected chi connectivity index (χ3v) is 2.41. The van der Waals surface area contributed by atoms with Gasteiger partial charge in [0.1, 0.15) is 22.3 Å². The van der Waals surface area contributed by atoms with Crippen LogP contribution in [-0.4, -0.2) is 23.0 Å². The summed E-state index contributed by atoms with van der Waals surface area (Å²) in [7, 11) is 1.46. The van der Waals surface area contributed by atoms with E-state index < -0.39 is 0 Å². The molecule has 5 nitrogen and oxygen atoms in total. The smallest absolute Gasteiger partial charge is 0.262 e. The average Bonchev–Trinajstić information content (AvgIpc) is 2.39. The normalized spacial score (nSPS) is 9.89. The summed E-state index contributed by atoms with van der Waals surface area (Å²) in [5, 5.41) is 2.90. The maximum absolute atomic E-state index is 12.0. The first-order valence-corrected chi connectivity index (χ1v) is 5.50. The first kappa shape index (κ1) is 12.3. The summed E-state index contributed by atoms with van der Waals surface area (Å²) in [5.74, 6) is 0.470. The molecule has 0 bridgehead atoms. The number of nitrogens with one attached hydrogen (secondary N) is 1. The molecule has 2 aromatic heterocycles. The molecular formula is C12H10ClN3O2. The van der Waals surface area contributed by atoms with E-state index in [2.05, 4.69) is 15.3 Å². The highest BCUT2D eigenvalue weighted by Crippen LogP contribution is 2.21. The zero-order valence-electron chi connectivity index (χ0n) is 9.55. The Balaban J connectivity index is 2.24. The highest BCUT2D eigenvalue weighted by Gasteiger charge is 2.13. The summed E-state index contributed by atoms with van der Waals surface area (Å²) >= 11 is 5.73. The molecule has 0 aliphatic carbocycles. The number of halogens is 1. The summed E-state index contributed by atoms with van der Waals surface area (Å²) in [6, 6.07) is 6.71. The number of ether oxygens (including phenoxy) is 1. The van der Waals surface area contributed by atoms with Crippen molar-refractivity contribution < 1.29 is 9.53 Å². The molecule has 0 fully saturated rings. The van der Waals surface area contributed by atoms with Crippen molar-refractivity contribution in [2.75, 3.05) is 12.4 Å². The Morgan fingerprint density at radius 1 is 1.39 bits per heavy atom. The van der Waals surface area contributed by atoms with Gasteiger partial charge in [-0.1, -0.05) is 17.7 Å². The van der Waals surface area contributed by atoms with Crippen molar-refractivity contribution in [3.8, 4) is 5.75 Å². The molecule has 0 saturated carbocycles. The number of carbonyl (C=O) groups excluding carboxylic acids is 1. The molecule has 0 aliphatic rings. The molecule has 0 atom stereocenters. The molecule has 92 valence electrons. The van der Waals surface area contributed by atoms with Crippen molar-refractivity contribution in [1.29, 1.82) is 0 Å². The minimum Gasteiger partial charge on any atom is -0.496 e. The van der Waals surface area contributed by atoms with Crippen LogP contribution in [0.1, 0.15) is 10.4 Å². The van der Waals surface area contributed by atoms with E-state index in [1.54, 1.807) is 24.4 Å². The lowest BCUT2D eigenvalue weighted by Gasteiger charge is -2.08. The molecule has 2 rings (SSSR count). The monoisotopic (exact) mass is 263 g/mol. The van der Waals surface area contributed by atoms with Crippen LogP contribution < -0.4 is 10.1 Å². The van der Waals surface area contributed by atoms with E-state index in [1.807, 2.05) is 0 Å². The van der Waals surface area contributed by atoms with Crippen LogP contribution in [0.4, 0.5) is 5.82 Å². The van der Waals surface area contributed by atoms with Gasteiger partial charge in [0, 0.05) is 18.5 Å². The van der Waals surface area contributed by atoms with Crippen molar-refractivity contribution in [3.63, 3.8) is 0 Å². The van der Waals surface area contributed by atoms with E-state index in [0.717, 1.165) is 0 Å². The zero-order valence-corrected chi connectivity index (χ0v) is 10.3. The van der Waals surface area contributed by atoms with Crippen LogP contribution in [-0.2, 0) is 0 Å². The van der Waals surface area contributed by atoms with Gasteiger partial charge < -0.3 is 10.1 Å². The maximum Gasteiger partial charge on any atom is 0.262 e. The van der Waals surface area contributed by atoms with E-state index in [4.69, 9.17) is 16.3 Å². The van der Waals surface area contributed by atoms with Crippen LogP contribution >= 0.6 is 11.6 Å². The highest BCUT2D eigenvalue weighted by atomic mass is 35.5. The number of aromatic nitrogens is 2. The molecule has 0 spiro atoms. The van der Waals surface area contributed by atoms with Crippen molar-refractivity contribution in [1.82, 2.24) is 9.97 Å². The minimum atomic E-state index is -0.352. The van der Waals surface area contributed by atoms with Crippen LogP contribution in [0.3, 0.4) is 0 Å². The first-order chi connectivity index (χ1) is 8.70. The Kier molecular flexibility index (Phi) is 3.74. The molecule has 0 aromatic carbocycles. The number of pyridine rings is 2. The standard InChI is InChI=1S/C12H10ClN3O2/c1-18-9-6-10(13)15-7-8(9)12(17)16-11-4-2-3-5-14-11/h2-7H,1H3,(H,14,16,17). The maximum atomic E-state index is 12.0. The van der Waals surface area contributed by atoms with Gasteiger partial charge in [0.25, 0.3) is 5.91 Å². The average molecular weight is 264 g/mol. The Morgan fingerprint density at radius 3 is 2.89 bits per heavy atom. The van der Waals surface area contributed by atoms with Gasteiger partial charge >= 0.3 is 0 Å². The number of hydrogen-bond donors (Lipinski definition) is 1. The molecule has 2 aromatic rings. The number of hydrogen-bond acceptors (Lipinski definition) is 4. The lowest BCUT2D eigenvalue weighted by molar-refractivity contribution is 0.102. The molecule has 0 aliphatic heterocycles. The fourth-order valence-corrected chi connectivity index (χ4v) is 1.52. The second kappa shape index (κ2) is 5.46. The van der Waals surface area contributed by atoms with Gasteiger partial charge in [0.05, 0.1) is 7.11 Å². The van der Waals surface area contributed by atoms with Gasteiger partial charge in [0.2, 0.25) is 0 Å². The fraction of sp³-hybridized carbons (Fsp3) is 0.0833. The second-order valence-electron chi connectivity index (χ2n) is 3.38. The minimum absolute atomic E-state index is 0.265. The molecule has 2 heterocycles. The highest BCUT2D eigenvalue weighted by molar-refractivity contribution is 6.29. The summed E-state index contributed by atoms with van der Waals surface area (Å²) in [6.07, 6.45) is 2.95. The van der Waals surface area contributed by atoms with E-state index in [1.165, 1.54) is 19.4 Å². The van der Waals surface area contributed by atoms with Crippen molar-refractivity contribution in [2.45, 2.75) is 0 Å². The van der Waals surface area contributed by atoms with Crippen molar-refractivity contribution >= 4 is 23.3 Å². The Hall–Kier alpha value is -2.14. The number of rotatable bonds is 3. The number of methoxy groups -OCH3 is 1. The van der Waals surface area contributed by atoms with Crippen LogP contribution in [0.2, 0.25) is 5.15 Å². The van der Waals surface area contributed by atoms with E-state index in [9.17, 15) is 4.79 Å². The Morgan fingerprint density at radius 2 is 2.22 bits per heavy atom. The van der Waals surface area contributed by atoms with Gasteiger partial charge in [-0.15, -0.1) is 0 Å². The number of amides is 1. The molecular weight excluding hydrogens is 254 g/mol. The molecule has 0 saturated heterocycles. The topological polar surface area (TPSA) is 64.1 Å². The molecule has 6 heteroatoms. The SMILES string of the molecule is COc1cc(Cl)ncc1C(=O)Nc1ccccn1. The van der Waals surface area contributed by atoms with E-state index in [-0.39, 0.29) is 11.1 Å². The summed E-state index contributed by atoms with van der Waals surface area (Å²) in [5.41, 5.74) is 0.299. The van der Waals surface area contributed by atoms with Crippen LogP contribution in [0, 0.1) is 0 Å². The molecule has 1 N–H and O–H groups in total. The summed E-state index contributed by atoms with van der Waals surface area (Å²) < 4.78 is 5.08. The van der Waals surface area contributed by atoms with Crippen molar-refractivity contribution in [2.24, 2.45) is 0 Å². The summed E-state index contributed by atoms with van der Waals surface area (Å²) in [4.78, 5) is 19.8. The zero-order chi connectivity index (χ0) is 13.0. The van der Waals surface area contributed by atoms with Crippen LogP contribution in [0.25, 0.3) is 0 Å². The van der Waals surface area contributed by atoms with Crippen molar-refractivity contribution in [3.05, 3.63) is 47.4 Å². The fourth-order valence-electron chi connectivity index (χ4n) is 1.37. The number of carbonyl (C=O) groups is 1. The number of nitrogens with zero attached hydrogens (tertiary/aromatic N) is 2. The predicted molar refractivity (Wildman–Crippen MR) is 68.0 cm³/mol.